The third kappa shape index (κ3) is 3.30. The molecule has 0 saturated carbocycles. The van der Waals surface area contributed by atoms with Crippen molar-refractivity contribution in [1.29, 1.82) is 0 Å². The van der Waals surface area contributed by atoms with Crippen molar-refractivity contribution < 1.29 is 23.0 Å². The summed E-state index contributed by atoms with van der Waals surface area (Å²) in [4.78, 5) is 11.5. The van der Waals surface area contributed by atoms with Gasteiger partial charge in [0.15, 0.2) is 0 Å². The van der Waals surface area contributed by atoms with Gasteiger partial charge in [0, 0.05) is 5.69 Å². The number of benzene rings is 1. The van der Waals surface area contributed by atoms with Gasteiger partial charge in [0.1, 0.15) is 11.3 Å². The van der Waals surface area contributed by atoms with Gasteiger partial charge in [-0.2, -0.15) is 8.78 Å². The minimum Gasteiger partial charge on any atom is -0.462 e. The monoisotopic (exact) mass is 245 g/mol. The third-order valence-electron chi connectivity index (χ3n) is 2.08. The van der Waals surface area contributed by atoms with Crippen LogP contribution < -0.4 is 10.5 Å². The zero-order valence-corrected chi connectivity index (χ0v) is 9.50. The summed E-state index contributed by atoms with van der Waals surface area (Å²) in [6, 6.07) is 2.55. The molecule has 17 heavy (non-hydrogen) atoms. The maximum Gasteiger partial charge on any atom is 0.387 e. The molecule has 0 heterocycles. The third-order valence-corrected chi connectivity index (χ3v) is 2.08. The van der Waals surface area contributed by atoms with E-state index >= 15 is 0 Å². The molecule has 0 aliphatic carbocycles. The van der Waals surface area contributed by atoms with Crippen molar-refractivity contribution in [2.75, 3.05) is 12.3 Å². The Labute approximate surface area is 97.3 Å². The summed E-state index contributed by atoms with van der Waals surface area (Å²) in [6.45, 7) is 0.373. The van der Waals surface area contributed by atoms with E-state index in [1.54, 1.807) is 13.8 Å². The normalized spacial score (nSPS) is 10.4. The molecule has 0 spiro atoms. The van der Waals surface area contributed by atoms with Crippen LogP contribution in [0.5, 0.6) is 5.75 Å². The minimum absolute atomic E-state index is 0.102. The Hall–Kier alpha value is -1.85. The molecule has 0 aliphatic heterocycles. The predicted octanol–water partition coefficient (Wildman–Crippen LogP) is 2.36. The molecule has 94 valence electrons. The molecule has 0 bridgehead atoms. The van der Waals surface area contributed by atoms with Crippen molar-refractivity contribution in [3.05, 3.63) is 23.3 Å². The molecule has 1 aromatic rings. The molecule has 0 aliphatic rings. The lowest BCUT2D eigenvalue weighted by Crippen LogP contribution is -2.11. The molecule has 0 aromatic heterocycles. The van der Waals surface area contributed by atoms with Gasteiger partial charge in [-0.1, -0.05) is 0 Å². The van der Waals surface area contributed by atoms with Gasteiger partial charge in [0.2, 0.25) is 0 Å². The number of esters is 1. The van der Waals surface area contributed by atoms with Crippen LogP contribution in [0.25, 0.3) is 0 Å². The van der Waals surface area contributed by atoms with Gasteiger partial charge in [-0.15, -0.1) is 0 Å². The maximum atomic E-state index is 12.2. The summed E-state index contributed by atoms with van der Waals surface area (Å²) < 4.78 is 33.3. The fourth-order valence-electron chi connectivity index (χ4n) is 1.26. The Morgan fingerprint density at radius 3 is 2.65 bits per heavy atom. The Morgan fingerprint density at radius 1 is 1.47 bits per heavy atom. The number of nitrogen functional groups attached to an aromatic ring is 1. The fraction of sp³-hybridized carbons (Fsp3) is 0.364. The van der Waals surface area contributed by atoms with E-state index in [1.807, 2.05) is 0 Å². The van der Waals surface area contributed by atoms with Gasteiger partial charge in [-0.05, 0) is 31.5 Å². The van der Waals surface area contributed by atoms with Crippen LogP contribution in [-0.2, 0) is 4.74 Å². The Morgan fingerprint density at radius 2 is 2.12 bits per heavy atom. The van der Waals surface area contributed by atoms with Crippen LogP contribution in [0, 0.1) is 6.92 Å². The van der Waals surface area contributed by atoms with Crippen LogP contribution in [0.1, 0.15) is 22.8 Å². The van der Waals surface area contributed by atoms with Gasteiger partial charge in [-0.25, -0.2) is 4.79 Å². The van der Waals surface area contributed by atoms with Gasteiger partial charge in [0.05, 0.1) is 6.61 Å². The first-order chi connectivity index (χ1) is 7.95. The first kappa shape index (κ1) is 13.2. The highest BCUT2D eigenvalue weighted by Crippen LogP contribution is 2.27. The Kier molecular flexibility index (Phi) is 4.25. The number of hydrogen-bond acceptors (Lipinski definition) is 4. The number of aryl methyl sites for hydroxylation is 1. The lowest BCUT2D eigenvalue weighted by atomic mass is 10.1. The highest BCUT2D eigenvalue weighted by Gasteiger charge is 2.18. The van der Waals surface area contributed by atoms with Crippen molar-refractivity contribution in [2.45, 2.75) is 20.5 Å². The van der Waals surface area contributed by atoms with Gasteiger partial charge >= 0.3 is 12.6 Å². The van der Waals surface area contributed by atoms with Crippen molar-refractivity contribution in [3.8, 4) is 5.75 Å². The molecule has 4 nitrogen and oxygen atoms in total. The second-order valence-corrected chi connectivity index (χ2v) is 3.30. The van der Waals surface area contributed by atoms with E-state index in [4.69, 9.17) is 10.5 Å². The van der Waals surface area contributed by atoms with Gasteiger partial charge < -0.3 is 15.2 Å². The van der Waals surface area contributed by atoms with Crippen LogP contribution in [0.15, 0.2) is 12.1 Å². The first-order valence-electron chi connectivity index (χ1n) is 4.97. The number of ether oxygens (including phenoxy) is 2. The minimum atomic E-state index is -3.01. The molecular weight excluding hydrogens is 232 g/mol. The highest BCUT2D eigenvalue weighted by molar-refractivity contribution is 5.94. The largest absolute Gasteiger partial charge is 0.462 e. The van der Waals surface area contributed by atoms with E-state index in [-0.39, 0.29) is 17.9 Å². The van der Waals surface area contributed by atoms with Crippen molar-refractivity contribution >= 4 is 11.7 Å². The molecule has 1 aromatic carbocycles. The predicted molar refractivity (Wildman–Crippen MR) is 58.2 cm³/mol. The molecule has 0 amide bonds. The number of carbonyl (C=O) groups is 1. The molecule has 0 atom stereocenters. The highest BCUT2D eigenvalue weighted by atomic mass is 19.3. The topological polar surface area (TPSA) is 61.5 Å². The van der Waals surface area contributed by atoms with E-state index in [2.05, 4.69) is 4.74 Å². The Bertz CT molecular complexity index is 421. The summed E-state index contributed by atoms with van der Waals surface area (Å²) in [6.07, 6.45) is 0. The van der Waals surface area contributed by atoms with E-state index in [0.29, 0.717) is 11.3 Å². The van der Waals surface area contributed by atoms with Crippen LogP contribution in [0.3, 0.4) is 0 Å². The second-order valence-electron chi connectivity index (χ2n) is 3.30. The smallest absolute Gasteiger partial charge is 0.387 e. The second kappa shape index (κ2) is 5.47. The number of carbonyl (C=O) groups excluding carboxylic acids is 1. The first-order valence-corrected chi connectivity index (χ1v) is 4.97. The van der Waals surface area contributed by atoms with Gasteiger partial charge in [0.25, 0.3) is 0 Å². The summed E-state index contributed by atoms with van der Waals surface area (Å²) in [5.74, 6) is -0.972. The fourth-order valence-corrected chi connectivity index (χ4v) is 1.26. The van der Waals surface area contributed by atoms with Crippen LogP contribution in [0.4, 0.5) is 14.5 Å². The van der Waals surface area contributed by atoms with Crippen molar-refractivity contribution in [2.24, 2.45) is 0 Å². The summed E-state index contributed by atoms with van der Waals surface area (Å²) >= 11 is 0. The number of halogens is 2. The van der Waals surface area contributed by atoms with Crippen LogP contribution >= 0.6 is 0 Å². The zero-order valence-electron chi connectivity index (χ0n) is 9.50. The summed E-state index contributed by atoms with van der Waals surface area (Å²) in [7, 11) is 0. The zero-order chi connectivity index (χ0) is 13.0. The average molecular weight is 245 g/mol. The molecular formula is C11H13F2NO3. The van der Waals surface area contributed by atoms with E-state index < -0.39 is 12.6 Å². The lowest BCUT2D eigenvalue weighted by molar-refractivity contribution is -0.0504. The van der Waals surface area contributed by atoms with Crippen LogP contribution in [0.2, 0.25) is 0 Å². The maximum absolute atomic E-state index is 12.2. The number of hydrogen-bond donors (Lipinski definition) is 1. The quantitative estimate of drug-likeness (QED) is 0.653. The molecule has 0 radical (unpaired) electrons. The number of nitrogens with two attached hydrogens (primary N) is 1. The van der Waals surface area contributed by atoms with E-state index in [9.17, 15) is 13.6 Å². The van der Waals surface area contributed by atoms with Gasteiger partial charge in [-0.3, -0.25) is 0 Å². The van der Waals surface area contributed by atoms with Crippen molar-refractivity contribution in [3.63, 3.8) is 0 Å². The number of rotatable bonds is 4. The molecule has 1 rings (SSSR count). The Balaban J connectivity index is 3.15. The van der Waals surface area contributed by atoms with Crippen molar-refractivity contribution in [1.82, 2.24) is 0 Å². The number of anilines is 1. The number of alkyl halides is 2. The molecule has 0 saturated heterocycles. The molecule has 0 unspecified atom stereocenters. The van der Waals surface area contributed by atoms with E-state index in [0.717, 1.165) is 0 Å². The van der Waals surface area contributed by atoms with E-state index in [1.165, 1.54) is 12.1 Å². The lowest BCUT2D eigenvalue weighted by Gasteiger charge is -2.12. The summed E-state index contributed by atoms with van der Waals surface area (Å²) in [5.41, 5.74) is 6.37. The molecule has 6 heteroatoms. The van der Waals surface area contributed by atoms with Crippen LogP contribution in [-0.4, -0.2) is 19.2 Å². The standard InChI is InChI=1S/C11H13F2NO3/c1-3-16-10(15)7-5-8(14)6(2)4-9(7)17-11(12)13/h4-5,11H,3,14H2,1-2H3. The molecule has 2 N–H and O–H groups in total. The summed E-state index contributed by atoms with van der Waals surface area (Å²) in [5, 5.41) is 0. The average Bonchev–Trinajstić information content (AvgIpc) is 2.22. The molecule has 0 fully saturated rings. The SMILES string of the molecule is CCOC(=O)c1cc(N)c(C)cc1OC(F)F.